The van der Waals surface area contributed by atoms with Gasteiger partial charge >= 0.3 is 0 Å². The third-order valence-corrected chi connectivity index (χ3v) is 3.86. The van der Waals surface area contributed by atoms with Crippen molar-refractivity contribution in [3.8, 4) is 0 Å². The number of aliphatic hydroxyl groups excluding tert-OH is 1. The Morgan fingerprint density at radius 3 is 3.22 bits per heavy atom. The van der Waals surface area contributed by atoms with Gasteiger partial charge in [0.1, 0.15) is 0 Å². The van der Waals surface area contributed by atoms with Gasteiger partial charge < -0.3 is 14.7 Å². The first-order valence-electron chi connectivity index (χ1n) is 6.60. The predicted octanol–water partition coefficient (Wildman–Crippen LogP) is 2.13. The third-order valence-electron chi connectivity index (χ3n) is 3.86. The molecular weight excluding hydrogens is 226 g/mol. The van der Waals surface area contributed by atoms with Crippen molar-refractivity contribution in [1.29, 1.82) is 0 Å². The van der Waals surface area contributed by atoms with Crippen molar-refractivity contribution in [3.63, 3.8) is 0 Å². The second kappa shape index (κ2) is 4.61. The highest BCUT2D eigenvalue weighted by molar-refractivity contribution is 5.31. The van der Waals surface area contributed by atoms with Crippen molar-refractivity contribution in [1.82, 2.24) is 14.5 Å². The van der Waals surface area contributed by atoms with Crippen LogP contribution in [0.3, 0.4) is 0 Å². The van der Waals surface area contributed by atoms with Crippen LogP contribution < -0.4 is 0 Å². The van der Waals surface area contributed by atoms with Gasteiger partial charge in [-0.25, -0.2) is 4.98 Å². The molecule has 0 bridgehead atoms. The van der Waals surface area contributed by atoms with E-state index in [0.29, 0.717) is 0 Å². The minimum absolute atomic E-state index is 0.263. The highest BCUT2D eigenvalue weighted by Crippen LogP contribution is 2.32. The van der Waals surface area contributed by atoms with E-state index in [4.69, 9.17) is 0 Å². The summed E-state index contributed by atoms with van der Waals surface area (Å²) in [4.78, 5) is 7.17. The number of H-pyrrole nitrogens is 1. The zero-order valence-corrected chi connectivity index (χ0v) is 10.7. The zero-order valence-electron chi connectivity index (χ0n) is 10.7. The summed E-state index contributed by atoms with van der Waals surface area (Å²) >= 11 is 0. The molecule has 4 heteroatoms. The van der Waals surface area contributed by atoms with Crippen LogP contribution in [-0.2, 0) is 19.4 Å². The van der Waals surface area contributed by atoms with Crippen LogP contribution in [0, 0.1) is 6.92 Å². The van der Waals surface area contributed by atoms with E-state index in [-0.39, 0.29) is 6.10 Å². The van der Waals surface area contributed by atoms with Crippen LogP contribution in [0.1, 0.15) is 41.6 Å². The number of aromatic amines is 1. The molecule has 0 fully saturated rings. The van der Waals surface area contributed by atoms with Gasteiger partial charge in [-0.2, -0.15) is 0 Å². The standard InChI is InChI=1S/C14H19N3O/c1-10-7-12-13(3-2-4-14(12)18)17(10)6-5-11-8-15-9-16-11/h7-9,14,18H,2-6H2,1H3,(H,15,16). The van der Waals surface area contributed by atoms with E-state index in [1.54, 1.807) is 6.33 Å². The summed E-state index contributed by atoms with van der Waals surface area (Å²) in [5, 5.41) is 10.0. The largest absolute Gasteiger partial charge is 0.388 e. The molecule has 2 aromatic rings. The lowest BCUT2D eigenvalue weighted by molar-refractivity contribution is 0.155. The smallest absolute Gasteiger partial charge is 0.0921 e. The third kappa shape index (κ3) is 1.97. The summed E-state index contributed by atoms with van der Waals surface area (Å²) in [6.45, 7) is 3.08. The molecule has 0 radical (unpaired) electrons. The molecule has 1 unspecified atom stereocenters. The van der Waals surface area contributed by atoms with Crippen molar-refractivity contribution in [3.05, 3.63) is 41.2 Å². The first-order chi connectivity index (χ1) is 8.75. The van der Waals surface area contributed by atoms with E-state index >= 15 is 0 Å². The quantitative estimate of drug-likeness (QED) is 0.870. The minimum atomic E-state index is -0.263. The molecule has 0 amide bonds. The Kier molecular flexibility index (Phi) is 2.96. The zero-order chi connectivity index (χ0) is 12.5. The maximum atomic E-state index is 10.0. The van der Waals surface area contributed by atoms with E-state index in [1.807, 2.05) is 6.20 Å². The number of fused-ring (bicyclic) bond motifs is 1. The lowest BCUT2D eigenvalue weighted by atomic mass is 9.95. The summed E-state index contributed by atoms with van der Waals surface area (Å²) in [5.74, 6) is 0. The molecule has 0 spiro atoms. The number of aliphatic hydroxyl groups is 1. The summed E-state index contributed by atoms with van der Waals surface area (Å²) in [6.07, 6.45) is 7.36. The van der Waals surface area contributed by atoms with Gasteiger partial charge in [0.25, 0.3) is 0 Å². The summed E-state index contributed by atoms with van der Waals surface area (Å²) in [7, 11) is 0. The molecule has 0 saturated heterocycles. The SMILES string of the molecule is Cc1cc2c(n1CCc1cnc[nH]1)CCCC2O. The van der Waals surface area contributed by atoms with Crippen LogP contribution in [0.4, 0.5) is 0 Å². The summed E-state index contributed by atoms with van der Waals surface area (Å²) < 4.78 is 2.35. The second-order valence-corrected chi connectivity index (χ2v) is 5.07. The van der Waals surface area contributed by atoms with E-state index in [1.165, 1.54) is 11.4 Å². The van der Waals surface area contributed by atoms with Crippen molar-refractivity contribution in [2.75, 3.05) is 0 Å². The number of hydrogen-bond acceptors (Lipinski definition) is 2. The molecule has 2 aromatic heterocycles. The molecule has 18 heavy (non-hydrogen) atoms. The molecule has 1 atom stereocenters. The molecule has 3 rings (SSSR count). The Bertz CT molecular complexity index is 527. The molecule has 2 N–H and O–H groups in total. The number of rotatable bonds is 3. The van der Waals surface area contributed by atoms with Crippen molar-refractivity contribution >= 4 is 0 Å². The van der Waals surface area contributed by atoms with Crippen LogP contribution in [0.5, 0.6) is 0 Å². The molecule has 96 valence electrons. The van der Waals surface area contributed by atoms with E-state index in [2.05, 4.69) is 27.5 Å². The number of imidazole rings is 1. The van der Waals surface area contributed by atoms with Crippen molar-refractivity contribution in [2.24, 2.45) is 0 Å². The van der Waals surface area contributed by atoms with Crippen LogP contribution in [0.15, 0.2) is 18.6 Å². The summed E-state index contributed by atoms with van der Waals surface area (Å²) in [5.41, 5.74) is 4.88. The van der Waals surface area contributed by atoms with Crippen LogP contribution in [0.25, 0.3) is 0 Å². The molecule has 1 aliphatic rings. The number of hydrogen-bond donors (Lipinski definition) is 2. The molecule has 0 aromatic carbocycles. The summed E-state index contributed by atoms with van der Waals surface area (Å²) in [6, 6.07) is 2.14. The van der Waals surface area contributed by atoms with Gasteiger partial charge in [0, 0.05) is 41.8 Å². The fourth-order valence-corrected chi connectivity index (χ4v) is 2.91. The Morgan fingerprint density at radius 2 is 2.44 bits per heavy atom. The second-order valence-electron chi connectivity index (χ2n) is 5.07. The lowest BCUT2D eigenvalue weighted by Gasteiger charge is -2.20. The van der Waals surface area contributed by atoms with Gasteiger partial charge in [-0.05, 0) is 32.3 Å². The highest BCUT2D eigenvalue weighted by atomic mass is 16.3. The van der Waals surface area contributed by atoms with Crippen LogP contribution >= 0.6 is 0 Å². The minimum Gasteiger partial charge on any atom is -0.388 e. The predicted molar refractivity (Wildman–Crippen MR) is 69.4 cm³/mol. The topological polar surface area (TPSA) is 53.8 Å². The number of aromatic nitrogens is 3. The number of nitrogens with zero attached hydrogens (tertiary/aromatic N) is 2. The first-order valence-corrected chi connectivity index (χ1v) is 6.60. The molecular formula is C14H19N3O. The molecule has 0 saturated carbocycles. The van der Waals surface area contributed by atoms with Crippen LogP contribution in [0.2, 0.25) is 0 Å². The van der Waals surface area contributed by atoms with Gasteiger partial charge in [0.15, 0.2) is 0 Å². The number of aryl methyl sites for hydroxylation is 2. The fraction of sp³-hybridized carbons (Fsp3) is 0.500. The average molecular weight is 245 g/mol. The maximum absolute atomic E-state index is 10.0. The van der Waals surface area contributed by atoms with E-state index in [9.17, 15) is 5.11 Å². The van der Waals surface area contributed by atoms with Gasteiger partial charge in [-0.3, -0.25) is 0 Å². The highest BCUT2D eigenvalue weighted by Gasteiger charge is 2.22. The fourth-order valence-electron chi connectivity index (χ4n) is 2.91. The Balaban J connectivity index is 1.83. The lowest BCUT2D eigenvalue weighted by Crippen LogP contribution is -2.13. The Hall–Kier alpha value is -1.55. The Labute approximate surface area is 107 Å². The molecule has 1 aliphatic carbocycles. The van der Waals surface area contributed by atoms with Crippen LogP contribution in [-0.4, -0.2) is 19.6 Å². The van der Waals surface area contributed by atoms with Crippen molar-refractivity contribution in [2.45, 2.75) is 45.3 Å². The number of nitrogens with one attached hydrogen (secondary N) is 1. The van der Waals surface area contributed by atoms with E-state index in [0.717, 1.165) is 43.5 Å². The van der Waals surface area contributed by atoms with Gasteiger partial charge in [0.05, 0.1) is 12.4 Å². The Morgan fingerprint density at radius 1 is 1.56 bits per heavy atom. The van der Waals surface area contributed by atoms with Gasteiger partial charge in [-0.1, -0.05) is 0 Å². The van der Waals surface area contributed by atoms with Gasteiger partial charge in [-0.15, -0.1) is 0 Å². The van der Waals surface area contributed by atoms with Crippen molar-refractivity contribution < 1.29 is 5.11 Å². The normalized spacial score (nSPS) is 18.9. The van der Waals surface area contributed by atoms with E-state index < -0.39 is 0 Å². The maximum Gasteiger partial charge on any atom is 0.0921 e. The molecule has 0 aliphatic heterocycles. The average Bonchev–Trinajstić information content (AvgIpc) is 2.95. The van der Waals surface area contributed by atoms with Gasteiger partial charge in [0.2, 0.25) is 0 Å². The monoisotopic (exact) mass is 245 g/mol. The molecule has 4 nitrogen and oxygen atoms in total. The molecule has 2 heterocycles. The first kappa shape index (κ1) is 11.5.